The van der Waals surface area contributed by atoms with Crippen LogP contribution in [-0.2, 0) is 0 Å². The van der Waals surface area contributed by atoms with Gasteiger partial charge in [0.15, 0.2) is 0 Å². The van der Waals surface area contributed by atoms with Gasteiger partial charge in [0, 0.05) is 32.9 Å². The van der Waals surface area contributed by atoms with E-state index in [1.165, 1.54) is 0 Å². The number of H-pyrrole nitrogens is 1. The summed E-state index contributed by atoms with van der Waals surface area (Å²) in [5.41, 5.74) is 6.08. The highest BCUT2D eigenvalue weighted by atomic mass is 35.5. The number of benzene rings is 2. The number of urea groups is 1. The van der Waals surface area contributed by atoms with Gasteiger partial charge in [-0.25, -0.2) is 10.2 Å². The van der Waals surface area contributed by atoms with E-state index in [0.29, 0.717) is 10.7 Å². The van der Waals surface area contributed by atoms with Gasteiger partial charge in [-0.1, -0.05) is 29.8 Å². The maximum Gasteiger partial charge on any atom is 0.339 e. The first-order chi connectivity index (χ1) is 11.1. The number of aryl methyl sites for hydroxylation is 1. The zero-order chi connectivity index (χ0) is 16.2. The maximum atomic E-state index is 11.8. The van der Waals surface area contributed by atoms with E-state index in [2.05, 4.69) is 20.8 Å². The molecule has 0 aliphatic rings. The number of aromatic amines is 1. The fourth-order valence-electron chi connectivity index (χ4n) is 2.31. The maximum absolute atomic E-state index is 11.8. The number of fused-ring (bicyclic) bond motifs is 1. The largest absolute Gasteiger partial charge is 0.358 e. The number of carbonyl (C=O) groups is 1. The Morgan fingerprint density at radius 1 is 1.17 bits per heavy atom. The molecule has 3 aromatic rings. The van der Waals surface area contributed by atoms with Gasteiger partial charge in [-0.2, -0.15) is 5.10 Å². The molecule has 0 bridgehead atoms. The molecule has 0 aliphatic carbocycles. The highest BCUT2D eigenvalue weighted by Gasteiger charge is 2.05. The molecular formula is C17H15ClN4O. The number of hydrogen-bond donors (Lipinski definition) is 3. The molecule has 2 aromatic carbocycles. The molecule has 5 nitrogen and oxygen atoms in total. The van der Waals surface area contributed by atoms with Crippen molar-refractivity contribution in [2.24, 2.45) is 5.10 Å². The first kappa shape index (κ1) is 15.1. The number of halogens is 1. The molecule has 23 heavy (non-hydrogen) atoms. The average molecular weight is 327 g/mol. The predicted octanol–water partition coefficient (Wildman–Crippen LogP) is 4.29. The molecule has 0 fully saturated rings. The van der Waals surface area contributed by atoms with Crippen LogP contribution in [0.15, 0.2) is 53.6 Å². The topological polar surface area (TPSA) is 69.3 Å². The minimum atomic E-state index is -0.416. The summed E-state index contributed by atoms with van der Waals surface area (Å²) < 4.78 is 0. The minimum absolute atomic E-state index is 0.416. The Labute approximate surface area is 138 Å². The number of nitrogens with zero attached hydrogens (tertiary/aromatic N) is 1. The third-order valence-corrected chi connectivity index (χ3v) is 3.66. The van der Waals surface area contributed by atoms with Crippen LogP contribution in [-0.4, -0.2) is 17.2 Å². The van der Waals surface area contributed by atoms with Crippen molar-refractivity contribution in [1.82, 2.24) is 10.4 Å². The lowest BCUT2D eigenvalue weighted by Crippen LogP contribution is -2.24. The Morgan fingerprint density at radius 2 is 1.91 bits per heavy atom. The van der Waals surface area contributed by atoms with E-state index in [-0.39, 0.29) is 0 Å². The lowest BCUT2D eigenvalue weighted by atomic mass is 10.1. The molecule has 2 amide bonds. The fourth-order valence-corrected chi connectivity index (χ4v) is 2.44. The summed E-state index contributed by atoms with van der Waals surface area (Å²) in [7, 11) is 0. The molecule has 0 atom stereocenters. The van der Waals surface area contributed by atoms with Crippen molar-refractivity contribution >= 4 is 40.4 Å². The van der Waals surface area contributed by atoms with E-state index in [4.69, 9.17) is 11.6 Å². The van der Waals surface area contributed by atoms with Crippen LogP contribution in [0.3, 0.4) is 0 Å². The number of amides is 2. The molecule has 0 saturated carbocycles. The number of para-hydroxylation sites is 1. The Kier molecular flexibility index (Phi) is 4.30. The Bertz CT molecular complexity index is 868. The van der Waals surface area contributed by atoms with Gasteiger partial charge in [-0.15, -0.1) is 0 Å². The summed E-state index contributed by atoms with van der Waals surface area (Å²) in [5.74, 6) is 0. The van der Waals surface area contributed by atoms with Gasteiger partial charge in [0.2, 0.25) is 0 Å². The molecule has 0 aliphatic heterocycles. The number of anilines is 1. The summed E-state index contributed by atoms with van der Waals surface area (Å²) in [5, 5.41) is 8.35. The van der Waals surface area contributed by atoms with Crippen molar-refractivity contribution in [2.45, 2.75) is 6.92 Å². The molecule has 0 saturated heterocycles. The van der Waals surface area contributed by atoms with Crippen molar-refractivity contribution in [1.29, 1.82) is 0 Å². The third-order valence-electron chi connectivity index (χ3n) is 3.41. The lowest BCUT2D eigenvalue weighted by molar-refractivity contribution is 0.252. The molecule has 0 radical (unpaired) electrons. The number of rotatable bonds is 3. The van der Waals surface area contributed by atoms with Gasteiger partial charge in [0.05, 0.1) is 6.21 Å². The van der Waals surface area contributed by atoms with E-state index >= 15 is 0 Å². The second-order valence-corrected chi connectivity index (χ2v) is 5.48. The Morgan fingerprint density at radius 3 is 2.70 bits per heavy atom. The monoisotopic (exact) mass is 326 g/mol. The predicted molar refractivity (Wildman–Crippen MR) is 94.2 cm³/mol. The van der Waals surface area contributed by atoms with Crippen molar-refractivity contribution in [3.63, 3.8) is 0 Å². The first-order valence-electron chi connectivity index (χ1n) is 7.06. The van der Waals surface area contributed by atoms with Crippen molar-refractivity contribution in [3.05, 3.63) is 64.8 Å². The molecule has 0 unspecified atom stereocenters. The van der Waals surface area contributed by atoms with Crippen molar-refractivity contribution < 1.29 is 4.79 Å². The summed E-state index contributed by atoms with van der Waals surface area (Å²) >= 11 is 5.80. The highest BCUT2D eigenvalue weighted by Crippen LogP contribution is 2.19. The molecule has 0 spiro atoms. The standard InChI is InChI=1S/C17H15ClN4O/c1-11-15(14-4-2-3-5-16(14)20-11)10-19-22-17(23)21-13-8-6-12(18)7-9-13/h2-10,20H,1H3,(H2,21,22,23)/b19-10-. The average Bonchev–Trinajstić information content (AvgIpc) is 2.86. The fraction of sp³-hybridized carbons (Fsp3) is 0.0588. The van der Waals surface area contributed by atoms with E-state index in [1.54, 1.807) is 30.5 Å². The van der Waals surface area contributed by atoms with E-state index in [0.717, 1.165) is 22.2 Å². The van der Waals surface area contributed by atoms with Crippen LogP contribution in [0.4, 0.5) is 10.5 Å². The summed E-state index contributed by atoms with van der Waals surface area (Å²) in [4.78, 5) is 15.1. The van der Waals surface area contributed by atoms with Crippen LogP contribution in [0.5, 0.6) is 0 Å². The zero-order valence-electron chi connectivity index (χ0n) is 12.4. The van der Waals surface area contributed by atoms with Crippen molar-refractivity contribution in [3.8, 4) is 0 Å². The smallest absolute Gasteiger partial charge is 0.339 e. The van der Waals surface area contributed by atoms with Gasteiger partial charge in [0.25, 0.3) is 0 Å². The summed E-state index contributed by atoms with van der Waals surface area (Å²) in [6.45, 7) is 1.97. The van der Waals surface area contributed by atoms with Gasteiger partial charge in [-0.3, -0.25) is 0 Å². The minimum Gasteiger partial charge on any atom is -0.358 e. The van der Waals surface area contributed by atoms with Crippen LogP contribution in [0.1, 0.15) is 11.3 Å². The SMILES string of the molecule is Cc1[nH]c2ccccc2c1/C=N\NC(=O)Nc1ccc(Cl)cc1. The van der Waals surface area contributed by atoms with Crippen molar-refractivity contribution in [2.75, 3.05) is 5.32 Å². The van der Waals surface area contributed by atoms with E-state index in [9.17, 15) is 4.79 Å². The molecule has 1 heterocycles. The Hall–Kier alpha value is -2.79. The normalized spacial score (nSPS) is 11.0. The quantitative estimate of drug-likeness (QED) is 0.488. The summed E-state index contributed by atoms with van der Waals surface area (Å²) in [6, 6.07) is 14.4. The molecule has 1 aromatic heterocycles. The van der Waals surface area contributed by atoms with E-state index in [1.807, 2.05) is 31.2 Å². The number of aromatic nitrogens is 1. The van der Waals surface area contributed by atoms with Crippen LogP contribution >= 0.6 is 11.6 Å². The molecule has 3 rings (SSSR count). The zero-order valence-corrected chi connectivity index (χ0v) is 13.2. The molecule has 6 heteroatoms. The third kappa shape index (κ3) is 3.52. The van der Waals surface area contributed by atoms with Gasteiger partial charge in [0.1, 0.15) is 0 Å². The van der Waals surface area contributed by atoms with Gasteiger partial charge >= 0.3 is 6.03 Å². The van der Waals surface area contributed by atoms with Crippen LogP contribution < -0.4 is 10.7 Å². The highest BCUT2D eigenvalue weighted by molar-refractivity contribution is 6.30. The number of hydrazone groups is 1. The van der Waals surface area contributed by atoms with Crippen LogP contribution in [0.25, 0.3) is 10.9 Å². The second-order valence-electron chi connectivity index (χ2n) is 5.04. The molecule has 116 valence electrons. The molecule has 3 N–H and O–H groups in total. The first-order valence-corrected chi connectivity index (χ1v) is 7.44. The summed E-state index contributed by atoms with van der Waals surface area (Å²) in [6.07, 6.45) is 1.63. The van der Waals surface area contributed by atoms with Gasteiger partial charge < -0.3 is 10.3 Å². The van der Waals surface area contributed by atoms with Crippen LogP contribution in [0.2, 0.25) is 5.02 Å². The number of hydrogen-bond acceptors (Lipinski definition) is 2. The van der Waals surface area contributed by atoms with Gasteiger partial charge in [-0.05, 0) is 37.3 Å². The van der Waals surface area contributed by atoms with E-state index < -0.39 is 6.03 Å². The number of nitrogens with one attached hydrogen (secondary N) is 3. The van der Waals surface area contributed by atoms with Crippen LogP contribution in [0, 0.1) is 6.92 Å². The molecular weight excluding hydrogens is 312 g/mol. The Balaban J connectivity index is 1.67. The number of carbonyl (C=O) groups excluding carboxylic acids is 1. The lowest BCUT2D eigenvalue weighted by Gasteiger charge is -2.03. The second kappa shape index (κ2) is 6.54.